The van der Waals surface area contributed by atoms with Gasteiger partial charge in [0.05, 0.1) is 5.69 Å². The first kappa shape index (κ1) is 10.8. The molecule has 3 nitrogen and oxygen atoms in total. The van der Waals surface area contributed by atoms with Crippen LogP contribution in [0.3, 0.4) is 0 Å². The molecule has 0 radical (unpaired) electrons. The third-order valence-corrected chi connectivity index (χ3v) is 2.52. The average Bonchev–Trinajstić information content (AvgIpc) is 2.62. The van der Waals surface area contributed by atoms with Crippen LogP contribution >= 0.6 is 0 Å². The Kier molecular flexibility index (Phi) is 3.01. The zero-order chi connectivity index (χ0) is 11.5. The van der Waals surface area contributed by atoms with Gasteiger partial charge in [0.1, 0.15) is 5.82 Å². The second kappa shape index (κ2) is 4.45. The summed E-state index contributed by atoms with van der Waals surface area (Å²) >= 11 is 0. The lowest BCUT2D eigenvalue weighted by Crippen LogP contribution is -2.06. The maximum Gasteiger partial charge on any atom is 0.123 e. The summed E-state index contributed by atoms with van der Waals surface area (Å²) in [6, 6.07) is 8.31. The van der Waals surface area contributed by atoms with E-state index in [1.165, 1.54) is 12.1 Å². The first-order chi connectivity index (χ1) is 7.70. The largest absolute Gasteiger partial charge is 0.330 e. The number of nitrogens with zero attached hydrogens (tertiary/aromatic N) is 2. The number of hydrogen-bond acceptors (Lipinski definition) is 2. The Labute approximate surface area is 93.7 Å². The van der Waals surface area contributed by atoms with Gasteiger partial charge in [-0.2, -0.15) is 5.10 Å². The minimum Gasteiger partial charge on any atom is -0.330 e. The number of hydrogen-bond donors (Lipinski definition) is 1. The fourth-order valence-corrected chi connectivity index (χ4v) is 1.65. The zero-order valence-electron chi connectivity index (χ0n) is 9.15. The average molecular weight is 219 g/mol. The van der Waals surface area contributed by atoms with Crippen molar-refractivity contribution >= 4 is 0 Å². The van der Waals surface area contributed by atoms with E-state index in [4.69, 9.17) is 5.73 Å². The van der Waals surface area contributed by atoms with E-state index in [0.717, 1.165) is 23.4 Å². The van der Waals surface area contributed by atoms with Gasteiger partial charge in [0.2, 0.25) is 0 Å². The predicted octanol–water partition coefficient (Wildman–Crippen LogP) is 1.73. The van der Waals surface area contributed by atoms with Crippen LogP contribution in [0.25, 0.3) is 11.3 Å². The molecule has 0 atom stereocenters. The Balaban J connectivity index is 2.33. The highest BCUT2D eigenvalue weighted by Crippen LogP contribution is 2.19. The highest BCUT2D eigenvalue weighted by Gasteiger charge is 2.06. The predicted molar refractivity (Wildman–Crippen MR) is 61.4 cm³/mol. The van der Waals surface area contributed by atoms with Crippen LogP contribution in [0.5, 0.6) is 0 Å². The van der Waals surface area contributed by atoms with Crippen LogP contribution in [0.4, 0.5) is 4.39 Å². The second-order valence-corrected chi connectivity index (χ2v) is 3.69. The van der Waals surface area contributed by atoms with Crippen molar-refractivity contribution in [2.24, 2.45) is 12.8 Å². The molecule has 0 unspecified atom stereocenters. The SMILES string of the molecule is Cn1nc(-c2ccc(F)cc2)cc1CCN. The van der Waals surface area contributed by atoms with Gasteiger partial charge in [-0.3, -0.25) is 4.68 Å². The minimum absolute atomic E-state index is 0.234. The molecule has 2 aromatic rings. The van der Waals surface area contributed by atoms with Gasteiger partial charge in [0, 0.05) is 24.7 Å². The van der Waals surface area contributed by atoms with Gasteiger partial charge >= 0.3 is 0 Å². The summed E-state index contributed by atoms with van der Waals surface area (Å²) < 4.78 is 14.6. The van der Waals surface area contributed by atoms with Crippen molar-refractivity contribution in [1.82, 2.24) is 9.78 Å². The van der Waals surface area contributed by atoms with E-state index in [1.54, 1.807) is 12.1 Å². The summed E-state index contributed by atoms with van der Waals surface area (Å²) in [6.07, 6.45) is 0.796. The lowest BCUT2D eigenvalue weighted by atomic mass is 10.1. The Bertz CT molecular complexity index is 474. The van der Waals surface area contributed by atoms with E-state index in [1.807, 2.05) is 17.8 Å². The number of benzene rings is 1. The topological polar surface area (TPSA) is 43.8 Å². The van der Waals surface area contributed by atoms with Crippen LogP contribution in [-0.4, -0.2) is 16.3 Å². The van der Waals surface area contributed by atoms with E-state index in [9.17, 15) is 4.39 Å². The van der Waals surface area contributed by atoms with Crippen molar-refractivity contribution in [3.63, 3.8) is 0 Å². The molecule has 0 amide bonds. The fourth-order valence-electron chi connectivity index (χ4n) is 1.65. The van der Waals surface area contributed by atoms with Crippen molar-refractivity contribution in [3.8, 4) is 11.3 Å². The molecule has 0 spiro atoms. The molecule has 0 saturated heterocycles. The highest BCUT2D eigenvalue weighted by molar-refractivity contribution is 5.59. The summed E-state index contributed by atoms with van der Waals surface area (Å²) in [5.41, 5.74) is 8.36. The number of rotatable bonds is 3. The van der Waals surface area contributed by atoms with Crippen molar-refractivity contribution in [2.45, 2.75) is 6.42 Å². The Morgan fingerprint density at radius 1 is 1.31 bits per heavy atom. The molecule has 4 heteroatoms. The Morgan fingerprint density at radius 3 is 2.62 bits per heavy atom. The lowest BCUT2D eigenvalue weighted by molar-refractivity contribution is 0.628. The molecule has 1 aromatic carbocycles. The van der Waals surface area contributed by atoms with Gasteiger partial charge in [0.25, 0.3) is 0 Å². The number of nitrogens with two attached hydrogens (primary N) is 1. The fraction of sp³-hybridized carbons (Fsp3) is 0.250. The summed E-state index contributed by atoms with van der Waals surface area (Å²) in [6.45, 7) is 0.600. The Hall–Kier alpha value is -1.68. The third kappa shape index (κ3) is 2.12. The molecular weight excluding hydrogens is 205 g/mol. The van der Waals surface area contributed by atoms with Gasteiger partial charge in [-0.05, 0) is 36.9 Å². The quantitative estimate of drug-likeness (QED) is 0.854. The zero-order valence-corrected chi connectivity index (χ0v) is 9.15. The summed E-state index contributed by atoms with van der Waals surface area (Å²) in [5, 5.41) is 4.37. The molecule has 2 rings (SSSR count). The van der Waals surface area contributed by atoms with Crippen LogP contribution < -0.4 is 5.73 Å². The van der Waals surface area contributed by atoms with Crippen LogP contribution in [0.15, 0.2) is 30.3 Å². The Morgan fingerprint density at radius 2 is 2.00 bits per heavy atom. The van der Waals surface area contributed by atoms with Crippen molar-refractivity contribution in [3.05, 3.63) is 41.8 Å². The highest BCUT2D eigenvalue weighted by atomic mass is 19.1. The van der Waals surface area contributed by atoms with Gasteiger partial charge in [-0.15, -0.1) is 0 Å². The van der Waals surface area contributed by atoms with Crippen LogP contribution in [-0.2, 0) is 13.5 Å². The summed E-state index contributed by atoms with van der Waals surface area (Å²) in [5.74, 6) is -0.234. The van der Waals surface area contributed by atoms with Crippen LogP contribution in [0.1, 0.15) is 5.69 Å². The first-order valence-corrected chi connectivity index (χ1v) is 5.19. The second-order valence-electron chi connectivity index (χ2n) is 3.69. The summed E-state index contributed by atoms with van der Waals surface area (Å²) in [7, 11) is 1.89. The van der Waals surface area contributed by atoms with E-state index >= 15 is 0 Å². The van der Waals surface area contributed by atoms with Gasteiger partial charge in [-0.1, -0.05) is 0 Å². The van der Waals surface area contributed by atoms with E-state index in [-0.39, 0.29) is 5.82 Å². The molecule has 0 fully saturated rings. The van der Waals surface area contributed by atoms with Crippen LogP contribution in [0, 0.1) is 5.82 Å². The molecule has 0 aliphatic heterocycles. The smallest absolute Gasteiger partial charge is 0.123 e. The molecule has 0 bridgehead atoms. The standard InChI is InChI=1S/C12H14FN3/c1-16-11(6-7-14)8-12(15-16)9-2-4-10(13)5-3-9/h2-5,8H,6-7,14H2,1H3. The van der Waals surface area contributed by atoms with E-state index in [0.29, 0.717) is 6.54 Å². The van der Waals surface area contributed by atoms with Gasteiger partial charge < -0.3 is 5.73 Å². The molecule has 2 N–H and O–H groups in total. The monoisotopic (exact) mass is 219 g/mol. The molecule has 16 heavy (non-hydrogen) atoms. The molecule has 0 aliphatic carbocycles. The number of aryl methyl sites for hydroxylation is 1. The van der Waals surface area contributed by atoms with E-state index in [2.05, 4.69) is 5.10 Å². The normalized spacial score (nSPS) is 10.7. The molecule has 0 saturated carbocycles. The lowest BCUT2D eigenvalue weighted by Gasteiger charge is -1.96. The molecule has 0 aliphatic rings. The first-order valence-electron chi connectivity index (χ1n) is 5.19. The van der Waals surface area contributed by atoms with Gasteiger partial charge in [-0.25, -0.2) is 4.39 Å². The van der Waals surface area contributed by atoms with Gasteiger partial charge in [0.15, 0.2) is 0 Å². The summed E-state index contributed by atoms with van der Waals surface area (Å²) in [4.78, 5) is 0. The molecule has 1 heterocycles. The molecule has 1 aromatic heterocycles. The maximum absolute atomic E-state index is 12.8. The number of halogens is 1. The van der Waals surface area contributed by atoms with Crippen molar-refractivity contribution in [1.29, 1.82) is 0 Å². The van der Waals surface area contributed by atoms with E-state index < -0.39 is 0 Å². The van der Waals surface area contributed by atoms with Crippen molar-refractivity contribution < 1.29 is 4.39 Å². The maximum atomic E-state index is 12.8. The minimum atomic E-state index is -0.234. The van der Waals surface area contributed by atoms with Crippen LogP contribution in [0.2, 0.25) is 0 Å². The van der Waals surface area contributed by atoms with Crippen molar-refractivity contribution in [2.75, 3.05) is 6.54 Å². The molecular formula is C12H14FN3. The third-order valence-electron chi connectivity index (χ3n) is 2.52. The molecule has 84 valence electrons. The number of aromatic nitrogens is 2.